The second-order valence-corrected chi connectivity index (χ2v) is 2.63. The lowest BCUT2D eigenvalue weighted by atomic mass is 10.2. The van der Waals surface area contributed by atoms with Crippen LogP contribution >= 0.6 is 0 Å². The molecule has 0 bridgehead atoms. The first-order valence-electron chi connectivity index (χ1n) is 3.80. The van der Waals surface area contributed by atoms with Crippen LogP contribution in [0, 0.1) is 11.8 Å². The predicted octanol–water partition coefficient (Wildman–Crippen LogP) is 1.91. The van der Waals surface area contributed by atoms with Crippen LogP contribution in [0.5, 0.6) is 0 Å². The van der Waals surface area contributed by atoms with E-state index in [-0.39, 0.29) is 12.6 Å². The quantitative estimate of drug-likeness (QED) is 0.356. The minimum atomic E-state index is -0.280. The van der Waals surface area contributed by atoms with Crippen molar-refractivity contribution in [2.24, 2.45) is 0 Å². The van der Waals surface area contributed by atoms with Gasteiger partial charge in [-0.3, -0.25) is 0 Å². The Morgan fingerprint density at radius 2 is 1.92 bits per heavy atom. The normalized spacial score (nSPS) is 8.00. The fraction of sp³-hybridized carbons (Fsp3) is 0.500. The summed E-state index contributed by atoms with van der Waals surface area (Å²) in [5.74, 6) is 5.03. The molecular weight excluding hydrogens is 152 g/mol. The summed E-state index contributed by atoms with van der Waals surface area (Å²) in [5, 5.41) is 0. The first-order valence-corrected chi connectivity index (χ1v) is 3.80. The van der Waals surface area contributed by atoms with Gasteiger partial charge in [-0.15, -0.1) is 5.92 Å². The number of hydrogen-bond acceptors (Lipinski definition) is 2. The fourth-order valence-corrected chi connectivity index (χ4v) is 0.486. The molecule has 0 atom stereocenters. The van der Waals surface area contributed by atoms with Gasteiger partial charge in [0.2, 0.25) is 0 Å². The summed E-state index contributed by atoms with van der Waals surface area (Å²) >= 11 is 0. The highest BCUT2D eigenvalue weighted by atomic mass is 16.5. The molecule has 0 saturated carbocycles. The topological polar surface area (TPSA) is 26.3 Å². The molecule has 0 aromatic carbocycles. The lowest BCUT2D eigenvalue weighted by Gasteiger charge is -2.01. The molecule has 0 aromatic rings. The van der Waals surface area contributed by atoms with Crippen LogP contribution < -0.4 is 0 Å². The molecule has 0 fully saturated rings. The molecule has 0 aliphatic rings. The van der Waals surface area contributed by atoms with Crippen LogP contribution in [0.2, 0.25) is 0 Å². The summed E-state index contributed by atoms with van der Waals surface area (Å²) in [6, 6.07) is 0. The third-order valence-corrected chi connectivity index (χ3v) is 1.51. The van der Waals surface area contributed by atoms with E-state index >= 15 is 0 Å². The molecule has 0 unspecified atom stereocenters. The van der Waals surface area contributed by atoms with Crippen molar-refractivity contribution < 1.29 is 9.53 Å². The van der Waals surface area contributed by atoms with Gasteiger partial charge in [0.1, 0.15) is 0 Å². The molecule has 66 valence electrons. The highest BCUT2D eigenvalue weighted by molar-refractivity contribution is 5.88. The molecule has 0 saturated heterocycles. The van der Waals surface area contributed by atoms with E-state index in [1.165, 1.54) is 0 Å². The molecule has 0 aromatic heterocycles. The van der Waals surface area contributed by atoms with Crippen LogP contribution in [-0.2, 0) is 9.53 Å². The van der Waals surface area contributed by atoms with Crippen LogP contribution in [0.25, 0.3) is 0 Å². The van der Waals surface area contributed by atoms with Crippen LogP contribution in [0.3, 0.4) is 0 Å². The Labute approximate surface area is 73.6 Å². The van der Waals surface area contributed by atoms with E-state index in [1.54, 1.807) is 13.8 Å². The van der Waals surface area contributed by atoms with Gasteiger partial charge in [-0.1, -0.05) is 11.5 Å². The van der Waals surface area contributed by atoms with E-state index < -0.39 is 0 Å². The lowest BCUT2D eigenvalue weighted by Crippen LogP contribution is -2.06. The van der Waals surface area contributed by atoms with Crippen molar-refractivity contribution in [2.45, 2.75) is 27.7 Å². The van der Waals surface area contributed by atoms with Crippen molar-refractivity contribution in [3.8, 4) is 11.8 Å². The van der Waals surface area contributed by atoms with Crippen LogP contribution in [0.1, 0.15) is 27.7 Å². The highest BCUT2D eigenvalue weighted by Crippen LogP contribution is 2.03. The second kappa shape index (κ2) is 5.42. The summed E-state index contributed by atoms with van der Waals surface area (Å²) in [7, 11) is 0. The maximum absolute atomic E-state index is 11.1. The largest absolute Gasteiger partial charge is 0.449 e. The van der Waals surface area contributed by atoms with Gasteiger partial charge in [-0.05, 0) is 27.7 Å². The zero-order valence-corrected chi connectivity index (χ0v) is 8.02. The third-order valence-electron chi connectivity index (χ3n) is 1.51. The summed E-state index contributed by atoms with van der Waals surface area (Å²) in [6.07, 6.45) is 0. The Hall–Kier alpha value is -1.23. The van der Waals surface area contributed by atoms with Gasteiger partial charge in [0.15, 0.2) is 6.61 Å². The second-order valence-electron chi connectivity index (χ2n) is 2.63. The van der Waals surface area contributed by atoms with Gasteiger partial charge in [-0.25, -0.2) is 4.79 Å². The van der Waals surface area contributed by atoms with Gasteiger partial charge >= 0.3 is 5.97 Å². The molecule has 0 radical (unpaired) electrons. The third kappa shape index (κ3) is 3.82. The van der Waals surface area contributed by atoms with Gasteiger partial charge in [-0.2, -0.15) is 0 Å². The van der Waals surface area contributed by atoms with Crippen molar-refractivity contribution in [1.82, 2.24) is 0 Å². The molecule has 0 heterocycles. The number of esters is 1. The van der Waals surface area contributed by atoms with Crippen molar-refractivity contribution in [2.75, 3.05) is 6.61 Å². The lowest BCUT2D eigenvalue weighted by molar-refractivity contribution is -0.137. The van der Waals surface area contributed by atoms with Crippen LogP contribution in [0.4, 0.5) is 0 Å². The fourth-order valence-electron chi connectivity index (χ4n) is 0.486. The monoisotopic (exact) mass is 166 g/mol. The van der Waals surface area contributed by atoms with Gasteiger partial charge in [0.25, 0.3) is 0 Å². The predicted molar refractivity (Wildman–Crippen MR) is 48.5 cm³/mol. The zero-order valence-electron chi connectivity index (χ0n) is 8.02. The smallest absolute Gasteiger partial charge is 0.334 e. The van der Waals surface area contributed by atoms with Gasteiger partial charge in [0, 0.05) is 5.57 Å². The summed E-state index contributed by atoms with van der Waals surface area (Å²) < 4.78 is 4.84. The zero-order chi connectivity index (χ0) is 9.56. The molecule has 0 aliphatic heterocycles. The first-order chi connectivity index (χ1) is 5.59. The minimum Gasteiger partial charge on any atom is -0.449 e. The molecule has 0 aliphatic carbocycles. The van der Waals surface area contributed by atoms with E-state index in [0.29, 0.717) is 5.57 Å². The number of ether oxygens (including phenoxy) is 1. The van der Waals surface area contributed by atoms with Gasteiger partial charge < -0.3 is 4.74 Å². The Balaban J connectivity index is 4.03. The highest BCUT2D eigenvalue weighted by Gasteiger charge is 2.05. The van der Waals surface area contributed by atoms with E-state index in [4.69, 9.17) is 4.74 Å². The van der Waals surface area contributed by atoms with Gasteiger partial charge in [0.05, 0.1) is 0 Å². The van der Waals surface area contributed by atoms with Crippen LogP contribution in [0.15, 0.2) is 11.1 Å². The number of carbonyl (C=O) groups excluding carboxylic acids is 1. The Bertz CT molecular complexity index is 247. The molecule has 12 heavy (non-hydrogen) atoms. The Morgan fingerprint density at radius 3 is 2.33 bits per heavy atom. The summed E-state index contributed by atoms with van der Waals surface area (Å²) in [4.78, 5) is 11.1. The van der Waals surface area contributed by atoms with E-state index in [2.05, 4.69) is 11.8 Å². The van der Waals surface area contributed by atoms with Crippen molar-refractivity contribution >= 4 is 5.97 Å². The van der Waals surface area contributed by atoms with Crippen molar-refractivity contribution in [3.63, 3.8) is 0 Å². The van der Waals surface area contributed by atoms with Crippen molar-refractivity contribution in [3.05, 3.63) is 11.1 Å². The molecule has 0 amide bonds. The van der Waals surface area contributed by atoms with E-state index in [9.17, 15) is 4.79 Å². The van der Waals surface area contributed by atoms with Crippen LogP contribution in [-0.4, -0.2) is 12.6 Å². The first kappa shape index (κ1) is 10.8. The average molecular weight is 166 g/mol. The van der Waals surface area contributed by atoms with E-state index in [1.807, 2.05) is 13.8 Å². The SMILES string of the molecule is CC#CCOC(=O)C(C)=C(C)C. The molecule has 0 spiro atoms. The molecule has 0 N–H and O–H groups in total. The summed E-state index contributed by atoms with van der Waals surface area (Å²) in [5.41, 5.74) is 1.64. The molecule has 2 heteroatoms. The molecule has 0 rings (SSSR count). The number of allylic oxidation sites excluding steroid dienone is 1. The Morgan fingerprint density at radius 1 is 1.33 bits per heavy atom. The molecule has 2 nitrogen and oxygen atoms in total. The molecular formula is C10H14O2. The standard InChI is InChI=1S/C10H14O2/c1-5-6-7-12-10(11)9(4)8(2)3/h7H2,1-4H3. The summed E-state index contributed by atoms with van der Waals surface area (Å²) in [6.45, 7) is 7.39. The number of hydrogen-bond donors (Lipinski definition) is 0. The average Bonchev–Trinajstić information content (AvgIpc) is 2.03. The number of carbonyl (C=O) groups is 1. The van der Waals surface area contributed by atoms with E-state index in [0.717, 1.165) is 5.57 Å². The minimum absolute atomic E-state index is 0.181. The maximum Gasteiger partial charge on any atom is 0.334 e. The maximum atomic E-state index is 11.1. The Kier molecular flexibility index (Phi) is 4.87. The van der Waals surface area contributed by atoms with Crippen molar-refractivity contribution in [1.29, 1.82) is 0 Å². The number of rotatable bonds is 2.